The van der Waals surface area contributed by atoms with Gasteiger partial charge in [0.1, 0.15) is 0 Å². The van der Waals surface area contributed by atoms with Crippen LogP contribution in [0.1, 0.15) is 305 Å². The van der Waals surface area contributed by atoms with Gasteiger partial charge in [-0.05, 0) is 221 Å². The third-order valence-electron chi connectivity index (χ3n) is 17.0. The Balaban J connectivity index is 0.000000806. The monoisotopic (exact) mass is 1100 g/mol. The number of benzene rings is 3. The van der Waals surface area contributed by atoms with Gasteiger partial charge in [0.25, 0.3) is 0 Å². The third-order valence-corrected chi connectivity index (χ3v) is 17.0. The highest BCUT2D eigenvalue weighted by Crippen LogP contribution is 2.53. The van der Waals surface area contributed by atoms with E-state index in [0.29, 0.717) is 17.3 Å². The number of fused-ring (bicyclic) bond motifs is 1. The van der Waals surface area contributed by atoms with Crippen LogP contribution in [0.4, 0.5) is 0 Å². The summed E-state index contributed by atoms with van der Waals surface area (Å²) < 4.78 is 0. The lowest BCUT2D eigenvalue weighted by molar-refractivity contribution is 0.195. The number of allylic oxidation sites excluding steroid dienone is 10. The summed E-state index contributed by atoms with van der Waals surface area (Å²) in [5, 5.41) is 0. The van der Waals surface area contributed by atoms with Crippen LogP contribution in [0.2, 0.25) is 0 Å². The van der Waals surface area contributed by atoms with Gasteiger partial charge in [0, 0.05) is 5.41 Å². The fraction of sp³-hybridized carbons (Fsp3) is 0.605. The van der Waals surface area contributed by atoms with Crippen LogP contribution < -0.4 is 0 Å². The molecule has 0 aromatic heterocycles. The molecule has 4 rings (SSSR count). The summed E-state index contributed by atoms with van der Waals surface area (Å²) in [6.45, 7) is 77.6. The standard InChI is InChI=1S/C58H88.C18H28.C5H12/c1-19-34-58(36-32-44(8)27-29-47-24-22-25-49(38-47)55(11,12)13,35-31-43(7)23-21-26-52(56(14,15)16)46(10)50(20-2)41(3)4)37-33-45(9)28-30-48-39-51(42(5)6)54-53(40-48)57(54,17)18;1-9-10-14-11-15(17(3,4)5)13(2)16(12-14)18(6,7)8;1-5(2,3)4/h20-22,24-26,38-42H,7-9,19,23,27-37H2,1-6,10-18H3;9,11-12H,1,10H2,2-8H3;1-4H3/b26-21+,50-20-,52-46-;;. The van der Waals surface area contributed by atoms with Gasteiger partial charge in [-0.1, -0.05) is 275 Å². The van der Waals surface area contributed by atoms with Crippen LogP contribution in [0.3, 0.4) is 0 Å². The molecule has 0 fully saturated rings. The summed E-state index contributed by atoms with van der Waals surface area (Å²) in [6.07, 6.45) is 24.6. The van der Waals surface area contributed by atoms with Gasteiger partial charge in [-0.3, -0.25) is 0 Å². The molecular formula is C81H128. The van der Waals surface area contributed by atoms with E-state index in [2.05, 4.69) is 267 Å². The van der Waals surface area contributed by atoms with Crippen LogP contribution in [0, 0.1) is 29.1 Å². The van der Waals surface area contributed by atoms with Gasteiger partial charge in [-0.2, -0.15) is 0 Å². The predicted molar refractivity (Wildman–Crippen MR) is 369 cm³/mol. The van der Waals surface area contributed by atoms with Gasteiger partial charge in [-0.25, -0.2) is 0 Å². The molecule has 0 spiro atoms. The van der Waals surface area contributed by atoms with Gasteiger partial charge in [0.15, 0.2) is 0 Å². The molecule has 0 nitrogen and oxygen atoms in total. The molecule has 1 atom stereocenters. The normalized spacial score (nSPS) is 14.8. The average Bonchev–Trinajstić information content (AvgIpc) is 3.89. The van der Waals surface area contributed by atoms with Crippen LogP contribution in [-0.4, -0.2) is 0 Å². The van der Waals surface area contributed by atoms with Crippen molar-refractivity contribution in [1.29, 1.82) is 0 Å². The van der Waals surface area contributed by atoms with Gasteiger partial charge in [0.2, 0.25) is 0 Å². The summed E-state index contributed by atoms with van der Waals surface area (Å²) in [6, 6.07) is 18.9. The molecule has 0 saturated carbocycles. The quantitative estimate of drug-likeness (QED) is 0.0586. The zero-order chi connectivity index (χ0) is 62.3. The van der Waals surface area contributed by atoms with E-state index in [1.165, 1.54) is 104 Å². The largest absolute Gasteiger partial charge is 0.103 e. The minimum absolute atomic E-state index is 0.0801. The van der Waals surface area contributed by atoms with E-state index in [0.717, 1.165) is 57.8 Å². The first-order chi connectivity index (χ1) is 37.0. The number of hydrogen-bond acceptors (Lipinski definition) is 0. The Morgan fingerprint density at radius 2 is 1.11 bits per heavy atom. The molecule has 3 aromatic rings. The van der Waals surface area contributed by atoms with Crippen molar-refractivity contribution in [3.63, 3.8) is 0 Å². The maximum Gasteiger partial charge on any atom is 0.0155 e. The van der Waals surface area contributed by atoms with Crippen molar-refractivity contribution >= 4 is 0 Å². The Morgan fingerprint density at radius 1 is 0.617 bits per heavy atom. The molecule has 0 heteroatoms. The lowest BCUT2D eigenvalue weighted by atomic mass is 9.70. The van der Waals surface area contributed by atoms with E-state index in [9.17, 15) is 0 Å². The summed E-state index contributed by atoms with van der Waals surface area (Å²) in [7, 11) is 0. The van der Waals surface area contributed by atoms with E-state index < -0.39 is 0 Å². The Hall–Kier alpha value is -4.16. The summed E-state index contributed by atoms with van der Waals surface area (Å²) in [4.78, 5) is 0. The molecule has 0 aliphatic heterocycles. The zero-order valence-corrected chi connectivity index (χ0v) is 58.3. The molecule has 3 aromatic carbocycles. The topological polar surface area (TPSA) is 0 Å². The van der Waals surface area contributed by atoms with Crippen LogP contribution in [0.15, 0.2) is 133 Å². The van der Waals surface area contributed by atoms with Gasteiger partial charge >= 0.3 is 0 Å². The number of aryl methyl sites for hydroxylation is 2. The molecule has 452 valence electrons. The average molecular weight is 1100 g/mol. The Labute approximate surface area is 505 Å². The number of hydrogen-bond donors (Lipinski definition) is 0. The molecule has 0 amide bonds. The smallest absolute Gasteiger partial charge is 0.0155 e. The highest BCUT2D eigenvalue weighted by atomic mass is 14.5. The predicted octanol–water partition coefficient (Wildman–Crippen LogP) is 25.4. The van der Waals surface area contributed by atoms with Crippen molar-refractivity contribution in [1.82, 2.24) is 0 Å². The first kappa shape index (κ1) is 72.9. The SMILES string of the molecule is C=C(C/C=C/C(=C(C)/C(=C\C)C(C)C)C(C)(C)C)CCC(CCC)(CCC(=C)CCc1cccc(C(C)(C)C)c1)CCC(=C)CCc1cc(C(C)C)c2c(c1)C2(C)C.C=CCc1cc(C(C)(C)C)c(C)c(C(C)(C)C)c1.CC(C)(C)C. The van der Waals surface area contributed by atoms with Gasteiger partial charge < -0.3 is 0 Å². The lowest BCUT2D eigenvalue weighted by Crippen LogP contribution is -2.22. The van der Waals surface area contributed by atoms with Crippen LogP contribution in [0.25, 0.3) is 0 Å². The second-order valence-electron chi connectivity index (χ2n) is 31.9. The highest BCUT2D eigenvalue weighted by molar-refractivity contribution is 5.64. The lowest BCUT2D eigenvalue weighted by Gasteiger charge is -2.35. The van der Waals surface area contributed by atoms with E-state index in [1.807, 2.05) is 6.08 Å². The van der Waals surface area contributed by atoms with E-state index in [-0.39, 0.29) is 32.5 Å². The van der Waals surface area contributed by atoms with Crippen LogP contribution in [-0.2, 0) is 40.9 Å². The van der Waals surface area contributed by atoms with Crippen molar-refractivity contribution in [3.05, 3.63) is 188 Å². The molecule has 0 saturated heterocycles. The fourth-order valence-corrected chi connectivity index (χ4v) is 12.2. The van der Waals surface area contributed by atoms with E-state index in [4.69, 9.17) is 6.58 Å². The van der Waals surface area contributed by atoms with E-state index in [1.54, 1.807) is 16.7 Å². The fourth-order valence-electron chi connectivity index (χ4n) is 12.2. The molecule has 1 aliphatic rings. The zero-order valence-electron chi connectivity index (χ0n) is 58.3. The van der Waals surface area contributed by atoms with Crippen molar-refractivity contribution in [2.24, 2.45) is 22.2 Å². The van der Waals surface area contributed by atoms with Gasteiger partial charge in [-0.15, -0.1) is 6.58 Å². The molecule has 0 bridgehead atoms. The first-order valence-corrected chi connectivity index (χ1v) is 32.1. The first-order valence-electron chi connectivity index (χ1n) is 32.1. The molecular weight excluding hydrogens is 973 g/mol. The molecule has 1 unspecified atom stereocenters. The summed E-state index contributed by atoms with van der Waals surface area (Å²) >= 11 is 0. The van der Waals surface area contributed by atoms with Crippen molar-refractivity contribution in [3.8, 4) is 0 Å². The molecule has 81 heavy (non-hydrogen) atoms. The number of rotatable bonds is 25. The van der Waals surface area contributed by atoms with E-state index >= 15 is 0 Å². The Morgan fingerprint density at radius 3 is 1.53 bits per heavy atom. The second-order valence-corrected chi connectivity index (χ2v) is 31.9. The molecule has 0 N–H and O–H groups in total. The minimum Gasteiger partial charge on any atom is -0.103 e. The van der Waals surface area contributed by atoms with Crippen LogP contribution >= 0.6 is 0 Å². The van der Waals surface area contributed by atoms with Crippen molar-refractivity contribution in [2.75, 3.05) is 0 Å². The molecule has 1 aliphatic carbocycles. The third kappa shape index (κ3) is 24.2. The highest BCUT2D eigenvalue weighted by Gasteiger charge is 2.44. The second kappa shape index (κ2) is 30.6. The maximum atomic E-state index is 4.70. The van der Waals surface area contributed by atoms with Crippen molar-refractivity contribution < 1.29 is 0 Å². The summed E-state index contributed by atoms with van der Waals surface area (Å²) in [5.74, 6) is 1.08. The van der Waals surface area contributed by atoms with Gasteiger partial charge in [0.05, 0.1) is 0 Å². The van der Waals surface area contributed by atoms with Crippen LogP contribution in [0.5, 0.6) is 0 Å². The Bertz CT molecular complexity index is 2590. The molecule has 0 heterocycles. The summed E-state index contributed by atoms with van der Waals surface area (Å²) in [5.41, 5.74) is 24.9. The molecule has 0 radical (unpaired) electrons. The van der Waals surface area contributed by atoms with Crippen molar-refractivity contribution in [2.45, 2.75) is 297 Å². The minimum atomic E-state index is 0.0801. The maximum absolute atomic E-state index is 4.70. The Kier molecular flexibility index (Phi) is 27.5.